The zero-order chi connectivity index (χ0) is 19.1. The van der Waals surface area contributed by atoms with Gasteiger partial charge in [0, 0.05) is 35.5 Å². The summed E-state index contributed by atoms with van der Waals surface area (Å²) in [7, 11) is 0. The number of aryl methyl sites for hydroxylation is 1. The summed E-state index contributed by atoms with van der Waals surface area (Å²) in [6, 6.07) is 0. The van der Waals surface area contributed by atoms with Crippen molar-refractivity contribution in [3.05, 3.63) is 34.8 Å². The molecular weight excluding hydrogens is 328 g/mol. The number of esters is 1. The molecule has 2 aliphatic rings. The van der Waals surface area contributed by atoms with Crippen LogP contribution in [0.5, 0.6) is 0 Å². The van der Waals surface area contributed by atoms with E-state index in [1.807, 2.05) is 33.1 Å². The van der Waals surface area contributed by atoms with E-state index in [0.717, 1.165) is 30.6 Å². The SMILES string of the molecule is C/C=C(/C)C(=O)O[C@H]1CC[C@H](C)[C@@]2(C)[C@H](OCC)c3c(C)coc3C[C@@H]12. The summed E-state index contributed by atoms with van der Waals surface area (Å²) >= 11 is 0. The second-order valence-corrected chi connectivity index (χ2v) is 8.16. The monoisotopic (exact) mass is 360 g/mol. The Balaban J connectivity index is 2.00. The van der Waals surface area contributed by atoms with E-state index in [1.165, 1.54) is 5.56 Å². The summed E-state index contributed by atoms with van der Waals surface area (Å²) in [5, 5.41) is 0. The van der Waals surface area contributed by atoms with Gasteiger partial charge in [-0.25, -0.2) is 4.79 Å². The maximum absolute atomic E-state index is 12.4. The third-order valence-corrected chi connectivity index (χ3v) is 6.88. The van der Waals surface area contributed by atoms with Crippen LogP contribution < -0.4 is 0 Å². The molecular formula is C22H32O4. The number of fused-ring (bicyclic) bond motifs is 2. The Kier molecular flexibility index (Phi) is 5.34. The van der Waals surface area contributed by atoms with E-state index in [9.17, 15) is 4.79 Å². The highest BCUT2D eigenvalue weighted by molar-refractivity contribution is 5.87. The van der Waals surface area contributed by atoms with Crippen molar-refractivity contribution in [2.24, 2.45) is 17.3 Å². The van der Waals surface area contributed by atoms with Crippen molar-refractivity contribution in [2.45, 2.75) is 73.0 Å². The molecule has 1 saturated carbocycles. The van der Waals surface area contributed by atoms with Crippen LogP contribution in [0, 0.1) is 24.2 Å². The quantitative estimate of drug-likeness (QED) is 0.550. The van der Waals surface area contributed by atoms with E-state index < -0.39 is 0 Å². The molecule has 26 heavy (non-hydrogen) atoms. The Hall–Kier alpha value is -1.55. The number of hydrogen-bond donors (Lipinski definition) is 0. The Labute approximate surface area is 156 Å². The third-order valence-electron chi connectivity index (χ3n) is 6.88. The standard InChI is InChI=1S/C22H32O4/c1-7-13(3)21(23)26-17-10-9-15(5)22(6)16(17)11-18-19(14(4)12-25-18)20(22)24-8-2/h7,12,15-17,20H,8-11H2,1-6H3/b13-7-/t15-,16-,17-,20+,22+/m0/s1. The van der Waals surface area contributed by atoms with Crippen molar-refractivity contribution in [3.63, 3.8) is 0 Å². The minimum absolute atomic E-state index is 0.0145. The van der Waals surface area contributed by atoms with Crippen molar-refractivity contribution in [3.8, 4) is 0 Å². The van der Waals surface area contributed by atoms with Gasteiger partial charge in [-0.2, -0.15) is 0 Å². The zero-order valence-electron chi connectivity index (χ0n) is 16.9. The number of allylic oxidation sites excluding steroid dienone is 1. The van der Waals surface area contributed by atoms with E-state index in [2.05, 4.69) is 20.8 Å². The first-order valence-corrected chi connectivity index (χ1v) is 9.86. The Bertz CT molecular complexity index is 701. The predicted octanol–water partition coefficient (Wildman–Crippen LogP) is 5.15. The highest BCUT2D eigenvalue weighted by Gasteiger charge is 2.57. The van der Waals surface area contributed by atoms with E-state index in [0.29, 0.717) is 18.1 Å². The van der Waals surface area contributed by atoms with Gasteiger partial charge in [-0.3, -0.25) is 0 Å². The molecule has 2 aliphatic carbocycles. The topological polar surface area (TPSA) is 48.7 Å². The zero-order valence-corrected chi connectivity index (χ0v) is 16.9. The summed E-state index contributed by atoms with van der Waals surface area (Å²) < 4.78 is 18.2. The van der Waals surface area contributed by atoms with Crippen LogP contribution in [-0.4, -0.2) is 18.7 Å². The van der Waals surface area contributed by atoms with E-state index in [-0.39, 0.29) is 29.5 Å². The minimum Gasteiger partial charge on any atom is -0.469 e. The van der Waals surface area contributed by atoms with E-state index >= 15 is 0 Å². The van der Waals surface area contributed by atoms with Crippen LogP contribution in [0.4, 0.5) is 0 Å². The number of rotatable bonds is 4. The molecule has 3 rings (SSSR count). The Morgan fingerprint density at radius 3 is 2.81 bits per heavy atom. The fourth-order valence-electron chi connectivity index (χ4n) is 4.94. The van der Waals surface area contributed by atoms with Gasteiger partial charge in [-0.05, 0) is 52.0 Å². The van der Waals surface area contributed by atoms with Gasteiger partial charge >= 0.3 is 5.97 Å². The summed E-state index contributed by atoms with van der Waals surface area (Å²) in [6.07, 6.45) is 6.28. The van der Waals surface area contributed by atoms with Gasteiger partial charge in [-0.15, -0.1) is 0 Å². The van der Waals surface area contributed by atoms with Gasteiger partial charge in [0.15, 0.2) is 0 Å². The lowest BCUT2D eigenvalue weighted by Crippen LogP contribution is -2.53. The van der Waals surface area contributed by atoms with Crippen LogP contribution in [0.3, 0.4) is 0 Å². The molecule has 0 spiro atoms. The molecule has 4 nitrogen and oxygen atoms in total. The molecule has 1 aromatic heterocycles. The van der Waals surface area contributed by atoms with Gasteiger partial charge in [0.2, 0.25) is 0 Å². The molecule has 1 heterocycles. The molecule has 0 amide bonds. The van der Waals surface area contributed by atoms with Crippen LogP contribution in [0.25, 0.3) is 0 Å². The molecule has 0 unspecified atom stereocenters. The molecule has 0 bridgehead atoms. The predicted molar refractivity (Wildman–Crippen MR) is 101 cm³/mol. The molecule has 1 aromatic rings. The van der Waals surface area contributed by atoms with Gasteiger partial charge in [-0.1, -0.05) is 19.9 Å². The smallest absolute Gasteiger partial charge is 0.333 e. The van der Waals surface area contributed by atoms with Crippen LogP contribution in [0.2, 0.25) is 0 Å². The second-order valence-electron chi connectivity index (χ2n) is 8.16. The van der Waals surface area contributed by atoms with Crippen molar-refractivity contribution in [1.82, 2.24) is 0 Å². The summed E-state index contributed by atoms with van der Waals surface area (Å²) in [5.41, 5.74) is 2.96. The average molecular weight is 360 g/mol. The lowest BCUT2D eigenvalue weighted by atomic mass is 9.53. The largest absolute Gasteiger partial charge is 0.469 e. The maximum Gasteiger partial charge on any atom is 0.333 e. The van der Waals surface area contributed by atoms with Gasteiger partial charge in [0.25, 0.3) is 0 Å². The van der Waals surface area contributed by atoms with Crippen LogP contribution >= 0.6 is 0 Å². The summed E-state index contributed by atoms with van der Waals surface area (Å²) in [4.78, 5) is 12.4. The highest BCUT2D eigenvalue weighted by Crippen LogP contribution is 2.60. The fraction of sp³-hybridized carbons (Fsp3) is 0.682. The van der Waals surface area contributed by atoms with Gasteiger partial charge in [0.05, 0.1) is 12.4 Å². The second kappa shape index (κ2) is 7.22. The van der Waals surface area contributed by atoms with Crippen LogP contribution in [0.15, 0.2) is 22.3 Å². The number of hydrogen-bond acceptors (Lipinski definition) is 4. The lowest BCUT2D eigenvalue weighted by molar-refractivity contribution is -0.177. The first-order chi connectivity index (χ1) is 12.3. The molecule has 0 aromatic carbocycles. The third kappa shape index (κ3) is 2.92. The Morgan fingerprint density at radius 1 is 1.42 bits per heavy atom. The summed E-state index contributed by atoms with van der Waals surface area (Å²) in [6.45, 7) is 13.1. The van der Waals surface area contributed by atoms with Crippen molar-refractivity contribution in [2.75, 3.05) is 6.61 Å². The van der Waals surface area contributed by atoms with E-state index in [1.54, 1.807) is 0 Å². The molecule has 0 radical (unpaired) electrons. The normalized spacial score (nSPS) is 34.2. The molecule has 144 valence electrons. The molecule has 1 fully saturated rings. The number of ether oxygens (including phenoxy) is 2. The number of carbonyl (C=O) groups is 1. The fourth-order valence-corrected chi connectivity index (χ4v) is 4.94. The van der Waals surface area contributed by atoms with Crippen molar-refractivity contribution >= 4 is 5.97 Å². The molecule has 0 N–H and O–H groups in total. The Morgan fingerprint density at radius 2 is 2.15 bits per heavy atom. The summed E-state index contributed by atoms with van der Waals surface area (Å²) in [5.74, 6) is 1.49. The maximum atomic E-state index is 12.4. The minimum atomic E-state index is -0.205. The first kappa shape index (κ1) is 19.2. The van der Waals surface area contributed by atoms with E-state index in [4.69, 9.17) is 13.9 Å². The van der Waals surface area contributed by atoms with Gasteiger partial charge in [0.1, 0.15) is 11.9 Å². The molecule has 0 aliphatic heterocycles. The highest BCUT2D eigenvalue weighted by atomic mass is 16.5. The number of furan rings is 1. The van der Waals surface area contributed by atoms with Crippen LogP contribution in [-0.2, 0) is 20.7 Å². The van der Waals surface area contributed by atoms with Crippen molar-refractivity contribution < 1.29 is 18.7 Å². The molecule has 4 heteroatoms. The molecule has 5 atom stereocenters. The number of carbonyl (C=O) groups excluding carboxylic acids is 1. The molecule has 0 saturated heterocycles. The first-order valence-electron chi connectivity index (χ1n) is 9.86. The lowest BCUT2D eigenvalue weighted by Gasteiger charge is -2.55. The van der Waals surface area contributed by atoms with Gasteiger partial charge < -0.3 is 13.9 Å². The van der Waals surface area contributed by atoms with Crippen LogP contribution in [0.1, 0.15) is 70.5 Å². The average Bonchev–Trinajstić information content (AvgIpc) is 2.99. The van der Waals surface area contributed by atoms with Crippen molar-refractivity contribution in [1.29, 1.82) is 0 Å².